The molecule has 0 spiro atoms. The monoisotopic (exact) mass is 243 g/mol. The van der Waals surface area contributed by atoms with Gasteiger partial charge in [-0.3, -0.25) is 4.79 Å². The standard InChI is InChI=1S/C11H17NO5/c1-7(2)12-5-4-10(13)15-6-9-8(3)16-11(14)17-9/h7,12H,4-6H2,1-3H3. The minimum absolute atomic E-state index is 0.0713. The Morgan fingerprint density at radius 3 is 2.65 bits per heavy atom. The Bertz CT molecular complexity index is 418. The van der Waals surface area contributed by atoms with Gasteiger partial charge in [0.1, 0.15) is 0 Å². The molecule has 0 saturated carbocycles. The van der Waals surface area contributed by atoms with E-state index < -0.39 is 5.82 Å². The molecule has 1 heterocycles. The maximum atomic E-state index is 11.3. The Hall–Kier alpha value is -1.56. The fourth-order valence-electron chi connectivity index (χ4n) is 1.19. The Morgan fingerprint density at radius 1 is 1.41 bits per heavy atom. The summed E-state index contributed by atoms with van der Waals surface area (Å²) in [6, 6.07) is 0.330. The van der Waals surface area contributed by atoms with Gasteiger partial charge in [0.25, 0.3) is 0 Å². The molecule has 0 atom stereocenters. The Balaban J connectivity index is 2.28. The van der Waals surface area contributed by atoms with Crippen LogP contribution < -0.4 is 11.1 Å². The summed E-state index contributed by atoms with van der Waals surface area (Å²) in [6.07, 6.45) is 0.277. The summed E-state index contributed by atoms with van der Waals surface area (Å²) in [4.78, 5) is 22.0. The third kappa shape index (κ3) is 4.86. The van der Waals surface area contributed by atoms with Gasteiger partial charge in [-0.1, -0.05) is 13.8 Å². The number of carbonyl (C=O) groups excluding carboxylic acids is 1. The van der Waals surface area contributed by atoms with Crippen LogP contribution in [0.1, 0.15) is 31.8 Å². The first-order chi connectivity index (χ1) is 7.99. The zero-order chi connectivity index (χ0) is 12.8. The van der Waals surface area contributed by atoms with Crippen LogP contribution in [0.4, 0.5) is 0 Å². The zero-order valence-electron chi connectivity index (χ0n) is 10.2. The smallest absolute Gasteiger partial charge is 0.457 e. The molecule has 17 heavy (non-hydrogen) atoms. The van der Waals surface area contributed by atoms with Gasteiger partial charge in [0, 0.05) is 12.6 Å². The third-order valence-corrected chi connectivity index (χ3v) is 2.08. The van der Waals surface area contributed by atoms with Gasteiger partial charge in [-0.15, -0.1) is 0 Å². The second kappa shape index (κ2) is 6.24. The lowest BCUT2D eigenvalue weighted by Crippen LogP contribution is -2.25. The van der Waals surface area contributed by atoms with E-state index in [1.54, 1.807) is 6.92 Å². The van der Waals surface area contributed by atoms with Crippen molar-refractivity contribution in [2.45, 2.75) is 39.8 Å². The molecule has 0 amide bonds. The molecule has 0 unspecified atom stereocenters. The number of nitrogens with one attached hydrogen (secondary N) is 1. The molecule has 0 bridgehead atoms. The van der Waals surface area contributed by atoms with Gasteiger partial charge < -0.3 is 18.9 Å². The van der Waals surface area contributed by atoms with Crippen molar-refractivity contribution < 1.29 is 18.4 Å². The zero-order valence-corrected chi connectivity index (χ0v) is 10.2. The maximum Gasteiger partial charge on any atom is 0.519 e. The number of hydrogen-bond donors (Lipinski definition) is 1. The van der Waals surface area contributed by atoms with Crippen LogP contribution in [0.2, 0.25) is 0 Å². The molecule has 0 fully saturated rings. The number of hydrogen-bond acceptors (Lipinski definition) is 6. The van der Waals surface area contributed by atoms with Crippen molar-refractivity contribution in [2.24, 2.45) is 0 Å². The van der Waals surface area contributed by atoms with E-state index in [0.717, 1.165) is 0 Å². The van der Waals surface area contributed by atoms with Crippen LogP contribution in [0, 0.1) is 6.92 Å². The van der Waals surface area contributed by atoms with Crippen molar-refractivity contribution in [3.8, 4) is 0 Å². The number of rotatable bonds is 6. The Kier molecular flexibility index (Phi) is 4.96. The highest BCUT2D eigenvalue weighted by Crippen LogP contribution is 2.06. The van der Waals surface area contributed by atoms with Gasteiger partial charge in [-0.25, -0.2) is 4.79 Å². The van der Waals surface area contributed by atoms with E-state index in [9.17, 15) is 9.59 Å². The van der Waals surface area contributed by atoms with Crippen molar-refractivity contribution in [1.29, 1.82) is 0 Å². The van der Waals surface area contributed by atoms with Crippen LogP contribution >= 0.6 is 0 Å². The summed E-state index contributed by atoms with van der Waals surface area (Å²) in [5.41, 5.74) is 0. The molecule has 0 aromatic carbocycles. The van der Waals surface area contributed by atoms with Crippen molar-refractivity contribution in [1.82, 2.24) is 5.32 Å². The highest BCUT2D eigenvalue weighted by molar-refractivity contribution is 5.69. The average molecular weight is 243 g/mol. The number of ether oxygens (including phenoxy) is 1. The van der Waals surface area contributed by atoms with Crippen LogP contribution in [0.25, 0.3) is 0 Å². The van der Waals surface area contributed by atoms with Gasteiger partial charge in [0.2, 0.25) is 0 Å². The minimum Gasteiger partial charge on any atom is -0.457 e. The van der Waals surface area contributed by atoms with E-state index in [0.29, 0.717) is 18.3 Å². The minimum atomic E-state index is -0.782. The second-order valence-electron chi connectivity index (χ2n) is 3.95. The van der Waals surface area contributed by atoms with Crippen LogP contribution in [0.15, 0.2) is 13.6 Å². The summed E-state index contributed by atoms with van der Waals surface area (Å²) < 4.78 is 14.3. The summed E-state index contributed by atoms with van der Waals surface area (Å²) in [7, 11) is 0. The Labute approximate surface area is 98.9 Å². The second-order valence-corrected chi connectivity index (χ2v) is 3.95. The van der Waals surface area contributed by atoms with E-state index in [1.807, 2.05) is 13.8 Å². The van der Waals surface area contributed by atoms with E-state index in [-0.39, 0.29) is 24.8 Å². The molecule has 0 aliphatic rings. The lowest BCUT2D eigenvalue weighted by atomic mass is 10.3. The summed E-state index contributed by atoms with van der Waals surface area (Å²) in [5, 5.41) is 3.10. The molecule has 0 saturated heterocycles. The first-order valence-corrected chi connectivity index (χ1v) is 5.47. The summed E-state index contributed by atoms with van der Waals surface area (Å²) >= 11 is 0. The van der Waals surface area contributed by atoms with Crippen molar-refractivity contribution >= 4 is 5.97 Å². The van der Waals surface area contributed by atoms with Gasteiger partial charge in [-0.05, 0) is 6.92 Å². The van der Waals surface area contributed by atoms with E-state index in [4.69, 9.17) is 9.15 Å². The number of carbonyl (C=O) groups is 1. The number of aryl methyl sites for hydroxylation is 1. The third-order valence-electron chi connectivity index (χ3n) is 2.08. The van der Waals surface area contributed by atoms with Crippen LogP contribution in [0.3, 0.4) is 0 Å². The molecule has 0 aliphatic heterocycles. The maximum absolute atomic E-state index is 11.3. The van der Waals surface area contributed by atoms with Crippen molar-refractivity contribution in [3.63, 3.8) is 0 Å². The highest BCUT2D eigenvalue weighted by atomic mass is 16.6. The van der Waals surface area contributed by atoms with Gasteiger partial charge in [-0.2, -0.15) is 0 Å². The molecule has 6 nitrogen and oxygen atoms in total. The molecule has 1 aromatic heterocycles. The Morgan fingerprint density at radius 2 is 2.12 bits per heavy atom. The van der Waals surface area contributed by atoms with Crippen LogP contribution in [-0.2, 0) is 16.1 Å². The normalized spacial score (nSPS) is 10.8. The topological polar surface area (TPSA) is 81.7 Å². The van der Waals surface area contributed by atoms with E-state index in [2.05, 4.69) is 9.73 Å². The fraction of sp³-hybridized carbons (Fsp3) is 0.636. The molecule has 96 valence electrons. The van der Waals surface area contributed by atoms with Crippen LogP contribution in [-0.4, -0.2) is 18.6 Å². The average Bonchev–Trinajstić information content (AvgIpc) is 2.54. The predicted molar refractivity (Wildman–Crippen MR) is 59.5 cm³/mol. The lowest BCUT2D eigenvalue weighted by molar-refractivity contribution is -0.145. The summed E-state index contributed by atoms with van der Waals surface area (Å²) in [5.74, 6) is -0.542. The largest absolute Gasteiger partial charge is 0.519 e. The van der Waals surface area contributed by atoms with Crippen molar-refractivity contribution in [3.05, 3.63) is 22.1 Å². The molecule has 6 heteroatoms. The first kappa shape index (κ1) is 13.5. The molecule has 0 aliphatic carbocycles. The molecular weight excluding hydrogens is 226 g/mol. The van der Waals surface area contributed by atoms with Gasteiger partial charge in [0.15, 0.2) is 18.1 Å². The predicted octanol–water partition coefficient (Wildman–Crippen LogP) is 0.973. The fourth-order valence-corrected chi connectivity index (χ4v) is 1.19. The lowest BCUT2D eigenvalue weighted by Gasteiger charge is -2.07. The highest BCUT2D eigenvalue weighted by Gasteiger charge is 2.11. The first-order valence-electron chi connectivity index (χ1n) is 5.47. The molecule has 1 aromatic rings. The molecule has 1 rings (SSSR count). The molecular formula is C11H17NO5. The summed E-state index contributed by atoms with van der Waals surface area (Å²) in [6.45, 7) is 6.06. The SMILES string of the molecule is Cc1oc(=O)oc1COC(=O)CCNC(C)C. The number of esters is 1. The quantitative estimate of drug-likeness (QED) is 0.750. The van der Waals surface area contributed by atoms with Gasteiger partial charge in [0.05, 0.1) is 6.42 Å². The van der Waals surface area contributed by atoms with Crippen molar-refractivity contribution in [2.75, 3.05) is 6.54 Å². The van der Waals surface area contributed by atoms with Gasteiger partial charge >= 0.3 is 11.8 Å². The molecule has 0 radical (unpaired) electrons. The molecule has 1 N–H and O–H groups in total. The van der Waals surface area contributed by atoms with Crippen LogP contribution in [0.5, 0.6) is 0 Å². The van der Waals surface area contributed by atoms with E-state index >= 15 is 0 Å². The van der Waals surface area contributed by atoms with E-state index in [1.165, 1.54) is 0 Å².